The van der Waals surface area contributed by atoms with Crippen molar-refractivity contribution in [3.05, 3.63) is 47.7 Å². The van der Waals surface area contributed by atoms with Crippen LogP contribution >= 0.6 is 11.6 Å². The van der Waals surface area contributed by atoms with Crippen LogP contribution in [0.3, 0.4) is 0 Å². The van der Waals surface area contributed by atoms with Crippen LogP contribution in [0.4, 0.5) is 0 Å². The molecule has 23 heavy (non-hydrogen) atoms. The van der Waals surface area contributed by atoms with Crippen molar-refractivity contribution in [1.29, 1.82) is 0 Å². The van der Waals surface area contributed by atoms with Crippen LogP contribution in [0.1, 0.15) is 31.7 Å². The molecule has 0 radical (unpaired) electrons. The molecule has 2 bridgehead atoms. The van der Waals surface area contributed by atoms with Crippen molar-refractivity contribution >= 4 is 21.6 Å². The molecule has 0 amide bonds. The van der Waals surface area contributed by atoms with E-state index in [-0.39, 0.29) is 12.1 Å². The van der Waals surface area contributed by atoms with Crippen molar-refractivity contribution in [3.8, 4) is 0 Å². The third kappa shape index (κ3) is 2.58. The monoisotopic (exact) mass is 351 g/mol. The van der Waals surface area contributed by atoms with Crippen LogP contribution in [-0.4, -0.2) is 34.6 Å². The van der Waals surface area contributed by atoms with E-state index in [1.54, 1.807) is 34.8 Å². The summed E-state index contributed by atoms with van der Waals surface area (Å²) in [6, 6.07) is 8.78. The largest absolute Gasteiger partial charge is 0.270 e. The number of benzene rings is 1. The van der Waals surface area contributed by atoms with Crippen molar-refractivity contribution in [2.75, 3.05) is 0 Å². The maximum atomic E-state index is 13.0. The lowest BCUT2D eigenvalue weighted by Gasteiger charge is -2.37. The van der Waals surface area contributed by atoms with E-state index in [9.17, 15) is 8.42 Å². The van der Waals surface area contributed by atoms with Crippen molar-refractivity contribution < 1.29 is 8.42 Å². The molecule has 1 aromatic heterocycles. The van der Waals surface area contributed by atoms with Gasteiger partial charge in [-0.1, -0.05) is 11.6 Å². The second-order valence-corrected chi connectivity index (χ2v) is 8.56. The van der Waals surface area contributed by atoms with Gasteiger partial charge in [-0.25, -0.2) is 8.42 Å². The van der Waals surface area contributed by atoms with Gasteiger partial charge in [-0.05, 0) is 56.0 Å². The molecule has 0 spiro atoms. The molecule has 2 aromatic rings. The van der Waals surface area contributed by atoms with Gasteiger partial charge in [0.05, 0.1) is 10.9 Å². The van der Waals surface area contributed by atoms with E-state index in [1.807, 2.05) is 16.9 Å². The molecule has 5 nitrogen and oxygen atoms in total. The van der Waals surface area contributed by atoms with Crippen LogP contribution in [0.2, 0.25) is 5.02 Å². The highest BCUT2D eigenvalue weighted by Crippen LogP contribution is 2.43. The van der Waals surface area contributed by atoms with Crippen LogP contribution in [0.25, 0.3) is 0 Å². The van der Waals surface area contributed by atoms with Gasteiger partial charge in [0.1, 0.15) is 0 Å². The van der Waals surface area contributed by atoms with E-state index < -0.39 is 10.0 Å². The first-order valence-corrected chi connectivity index (χ1v) is 9.66. The summed E-state index contributed by atoms with van der Waals surface area (Å²) in [6.45, 7) is 0. The van der Waals surface area contributed by atoms with Crippen molar-refractivity contribution in [2.24, 2.45) is 0 Å². The Hall–Kier alpha value is -1.37. The molecule has 7 heteroatoms. The molecule has 0 aliphatic carbocycles. The van der Waals surface area contributed by atoms with Crippen LogP contribution in [0, 0.1) is 0 Å². The number of nitrogens with zero attached hydrogens (tertiary/aromatic N) is 3. The summed E-state index contributed by atoms with van der Waals surface area (Å²) in [5.41, 5.74) is 0. The van der Waals surface area contributed by atoms with Gasteiger partial charge in [0, 0.05) is 29.5 Å². The fourth-order valence-electron chi connectivity index (χ4n) is 3.94. The van der Waals surface area contributed by atoms with E-state index in [1.165, 1.54) is 0 Å². The highest BCUT2D eigenvalue weighted by Gasteiger charge is 2.47. The first kappa shape index (κ1) is 15.2. The van der Waals surface area contributed by atoms with E-state index in [0.717, 1.165) is 25.7 Å². The minimum Gasteiger partial charge on any atom is -0.270 e. The minimum atomic E-state index is -3.46. The molecule has 2 atom stereocenters. The Bertz CT molecular complexity index is 775. The molecule has 2 aliphatic rings. The zero-order chi connectivity index (χ0) is 16.0. The Balaban J connectivity index is 1.62. The molecule has 0 N–H and O–H groups in total. The van der Waals surface area contributed by atoms with E-state index in [0.29, 0.717) is 16.0 Å². The molecular weight excluding hydrogens is 334 g/mol. The average molecular weight is 352 g/mol. The molecule has 2 unspecified atom stereocenters. The molecule has 0 saturated carbocycles. The molecule has 4 rings (SSSR count). The molecule has 1 aromatic carbocycles. The Morgan fingerprint density at radius 3 is 2.26 bits per heavy atom. The maximum absolute atomic E-state index is 13.0. The van der Waals surface area contributed by atoms with E-state index >= 15 is 0 Å². The molecule has 3 heterocycles. The second kappa shape index (κ2) is 5.61. The lowest BCUT2D eigenvalue weighted by atomic mass is 10.00. The molecule has 2 aliphatic heterocycles. The molecule has 2 fully saturated rings. The van der Waals surface area contributed by atoms with Crippen LogP contribution in [0.15, 0.2) is 47.6 Å². The topological polar surface area (TPSA) is 55.2 Å². The Morgan fingerprint density at radius 2 is 1.70 bits per heavy atom. The highest BCUT2D eigenvalue weighted by molar-refractivity contribution is 7.89. The number of rotatable bonds is 3. The van der Waals surface area contributed by atoms with Gasteiger partial charge in [-0.3, -0.25) is 4.68 Å². The first-order valence-electron chi connectivity index (χ1n) is 7.84. The number of hydrogen-bond acceptors (Lipinski definition) is 3. The Labute approximate surface area is 140 Å². The first-order chi connectivity index (χ1) is 11.1. The average Bonchev–Trinajstić information content (AvgIpc) is 3.15. The Kier molecular flexibility index (Phi) is 3.70. The summed E-state index contributed by atoms with van der Waals surface area (Å²) in [6.07, 6.45) is 7.24. The zero-order valence-corrected chi connectivity index (χ0v) is 14.1. The van der Waals surface area contributed by atoms with Crippen LogP contribution in [0.5, 0.6) is 0 Å². The molecule has 2 saturated heterocycles. The fraction of sp³-hybridized carbons (Fsp3) is 0.438. The number of aromatic nitrogens is 2. The van der Waals surface area contributed by atoms with Gasteiger partial charge in [-0.2, -0.15) is 9.40 Å². The molecule has 122 valence electrons. The highest BCUT2D eigenvalue weighted by atomic mass is 35.5. The second-order valence-electron chi connectivity index (χ2n) is 6.29. The SMILES string of the molecule is O=S(=O)(c1ccc(Cl)cc1)N1C2CCC1CC(n1cccn1)C2. The summed E-state index contributed by atoms with van der Waals surface area (Å²) in [4.78, 5) is 0.330. The van der Waals surface area contributed by atoms with Crippen molar-refractivity contribution in [1.82, 2.24) is 14.1 Å². The third-order valence-electron chi connectivity index (χ3n) is 4.93. The lowest BCUT2D eigenvalue weighted by Crippen LogP contribution is -2.46. The molecular formula is C16H18ClN3O2S. The third-order valence-corrected chi connectivity index (χ3v) is 7.20. The lowest BCUT2D eigenvalue weighted by molar-refractivity contribution is 0.185. The zero-order valence-electron chi connectivity index (χ0n) is 12.5. The van der Waals surface area contributed by atoms with Gasteiger partial charge in [0.25, 0.3) is 0 Å². The van der Waals surface area contributed by atoms with Gasteiger partial charge in [0.2, 0.25) is 10.0 Å². The summed E-state index contributed by atoms with van der Waals surface area (Å²) >= 11 is 5.88. The van der Waals surface area contributed by atoms with Gasteiger partial charge < -0.3 is 0 Å². The minimum absolute atomic E-state index is 0.0589. The van der Waals surface area contributed by atoms with E-state index in [4.69, 9.17) is 11.6 Å². The van der Waals surface area contributed by atoms with Gasteiger partial charge in [-0.15, -0.1) is 0 Å². The normalized spacial score (nSPS) is 28.1. The smallest absolute Gasteiger partial charge is 0.243 e. The standard InChI is InChI=1S/C16H18ClN3O2S/c17-12-2-6-16(7-3-12)23(21,22)20-13-4-5-14(20)11-15(10-13)19-9-1-8-18-19/h1-3,6-9,13-15H,4-5,10-11H2. The number of halogens is 1. The Morgan fingerprint density at radius 1 is 1.04 bits per heavy atom. The summed E-state index contributed by atoms with van der Waals surface area (Å²) < 4.78 is 29.7. The van der Waals surface area contributed by atoms with Crippen LogP contribution < -0.4 is 0 Å². The van der Waals surface area contributed by atoms with Gasteiger partial charge >= 0.3 is 0 Å². The van der Waals surface area contributed by atoms with Gasteiger partial charge in [0.15, 0.2) is 0 Å². The maximum Gasteiger partial charge on any atom is 0.243 e. The van der Waals surface area contributed by atoms with Crippen molar-refractivity contribution in [3.63, 3.8) is 0 Å². The number of fused-ring (bicyclic) bond motifs is 2. The number of sulfonamides is 1. The quantitative estimate of drug-likeness (QED) is 0.853. The fourth-order valence-corrected chi connectivity index (χ4v) is 5.96. The van der Waals surface area contributed by atoms with Crippen LogP contribution in [-0.2, 0) is 10.0 Å². The van der Waals surface area contributed by atoms with E-state index in [2.05, 4.69) is 5.10 Å². The van der Waals surface area contributed by atoms with Crippen molar-refractivity contribution in [2.45, 2.75) is 48.7 Å². The summed E-state index contributed by atoms with van der Waals surface area (Å²) in [7, 11) is -3.46. The summed E-state index contributed by atoms with van der Waals surface area (Å²) in [5.74, 6) is 0. The predicted molar refractivity (Wildman–Crippen MR) is 87.8 cm³/mol. The number of piperidine rings is 1. The summed E-state index contributed by atoms with van der Waals surface area (Å²) in [5, 5.41) is 4.87. The number of hydrogen-bond donors (Lipinski definition) is 0. The predicted octanol–water partition coefficient (Wildman–Crippen LogP) is 3.09.